The predicted molar refractivity (Wildman–Crippen MR) is 129 cm³/mol. The van der Waals surface area contributed by atoms with E-state index in [1.807, 2.05) is 22.4 Å². The van der Waals surface area contributed by atoms with Crippen molar-refractivity contribution in [2.75, 3.05) is 34.5 Å². The number of allylic oxidation sites excluding steroid dienone is 1. The Kier molecular flexibility index (Phi) is 7.47. The van der Waals surface area contributed by atoms with Crippen molar-refractivity contribution in [2.24, 2.45) is 4.99 Å². The Labute approximate surface area is 203 Å². The van der Waals surface area contributed by atoms with Crippen LogP contribution in [-0.4, -0.2) is 62.5 Å². The summed E-state index contributed by atoms with van der Waals surface area (Å²) >= 11 is 1.43. The molecule has 1 N–H and O–H groups in total. The van der Waals surface area contributed by atoms with Gasteiger partial charge >= 0.3 is 5.97 Å². The maximum absolute atomic E-state index is 13.3. The summed E-state index contributed by atoms with van der Waals surface area (Å²) in [7, 11) is 4.67. The Bertz CT molecular complexity index is 1060. The van der Waals surface area contributed by atoms with Crippen LogP contribution in [0.4, 0.5) is 0 Å². The van der Waals surface area contributed by atoms with Crippen molar-refractivity contribution in [3.63, 3.8) is 0 Å². The Morgan fingerprint density at radius 1 is 1.18 bits per heavy atom. The van der Waals surface area contributed by atoms with Gasteiger partial charge in [0.2, 0.25) is 5.91 Å². The monoisotopic (exact) mass is 487 g/mol. The highest BCUT2D eigenvalue weighted by Crippen LogP contribution is 2.48. The van der Waals surface area contributed by atoms with Crippen molar-refractivity contribution in [3.05, 3.63) is 46.1 Å². The molecule has 1 aromatic rings. The van der Waals surface area contributed by atoms with Crippen molar-refractivity contribution < 1.29 is 28.5 Å². The van der Waals surface area contributed by atoms with E-state index in [4.69, 9.17) is 18.9 Å². The SMILES string of the molecule is COCCOC(=O)C1=C(C)N=C2SC=C(CC(=O)NC3CC3)N2[C@@H]1c1cccc(OC)c1OC. The van der Waals surface area contributed by atoms with E-state index in [9.17, 15) is 9.59 Å². The van der Waals surface area contributed by atoms with Crippen molar-refractivity contribution >= 4 is 28.8 Å². The van der Waals surface area contributed by atoms with Crippen LogP contribution in [0.5, 0.6) is 11.5 Å². The van der Waals surface area contributed by atoms with E-state index in [-0.39, 0.29) is 31.6 Å². The van der Waals surface area contributed by atoms with Crippen LogP contribution in [-0.2, 0) is 19.1 Å². The lowest BCUT2D eigenvalue weighted by molar-refractivity contribution is -0.141. The van der Waals surface area contributed by atoms with Gasteiger partial charge in [-0.3, -0.25) is 4.79 Å². The standard InChI is InChI=1S/C24H29N3O6S/c1-14-20(23(29)33-11-10-30-2)21(17-6-5-7-18(31-3)22(17)32-4)27-16(13-34-24(27)25-14)12-19(28)26-15-8-9-15/h5-7,13,15,21H,8-12H2,1-4H3,(H,26,28)/t21-/m1/s1. The molecule has 9 nitrogen and oxygen atoms in total. The number of thioether (sulfide) groups is 1. The zero-order valence-corrected chi connectivity index (χ0v) is 20.6. The molecule has 0 saturated heterocycles. The zero-order chi connectivity index (χ0) is 24.2. The molecule has 1 atom stereocenters. The Balaban J connectivity index is 1.75. The number of methoxy groups -OCH3 is 3. The molecule has 0 radical (unpaired) electrons. The lowest BCUT2D eigenvalue weighted by Crippen LogP contribution is -2.38. The van der Waals surface area contributed by atoms with Gasteiger partial charge in [0.25, 0.3) is 0 Å². The highest BCUT2D eigenvalue weighted by molar-refractivity contribution is 8.16. The molecule has 4 rings (SSSR count). The third-order valence-electron chi connectivity index (χ3n) is 5.75. The third-order valence-corrected chi connectivity index (χ3v) is 6.64. The van der Waals surface area contributed by atoms with Crippen molar-refractivity contribution in [3.8, 4) is 11.5 Å². The topological polar surface area (TPSA) is 98.7 Å². The summed E-state index contributed by atoms with van der Waals surface area (Å²) in [5.74, 6) is 0.496. The van der Waals surface area contributed by atoms with Gasteiger partial charge in [0.15, 0.2) is 16.7 Å². The highest BCUT2D eigenvalue weighted by atomic mass is 32.2. The van der Waals surface area contributed by atoms with E-state index in [1.54, 1.807) is 34.3 Å². The van der Waals surface area contributed by atoms with E-state index in [2.05, 4.69) is 10.3 Å². The van der Waals surface area contributed by atoms with E-state index in [1.165, 1.54) is 11.8 Å². The number of nitrogens with one attached hydrogen (secondary N) is 1. The van der Waals surface area contributed by atoms with Crippen molar-refractivity contribution in [1.82, 2.24) is 10.2 Å². The number of ether oxygens (including phenoxy) is 4. The predicted octanol–water partition coefficient (Wildman–Crippen LogP) is 3.14. The molecule has 2 aliphatic heterocycles. The van der Waals surface area contributed by atoms with Gasteiger partial charge in [-0.05, 0) is 31.2 Å². The van der Waals surface area contributed by atoms with E-state index >= 15 is 0 Å². The van der Waals surface area contributed by atoms with Crippen molar-refractivity contribution in [1.29, 1.82) is 0 Å². The summed E-state index contributed by atoms with van der Waals surface area (Å²) in [6, 6.07) is 5.18. The number of para-hydroxylation sites is 1. The molecule has 1 aliphatic carbocycles. The molecule has 34 heavy (non-hydrogen) atoms. The maximum Gasteiger partial charge on any atom is 0.338 e. The fraction of sp³-hybridized carbons (Fsp3) is 0.458. The van der Waals surface area contributed by atoms with Crippen molar-refractivity contribution in [2.45, 2.75) is 38.3 Å². The van der Waals surface area contributed by atoms with Crippen LogP contribution in [0.3, 0.4) is 0 Å². The number of carbonyl (C=O) groups excluding carboxylic acids is 2. The molecule has 1 saturated carbocycles. The fourth-order valence-electron chi connectivity index (χ4n) is 4.02. The van der Waals surface area contributed by atoms with Gasteiger partial charge in [-0.25, -0.2) is 9.79 Å². The minimum absolute atomic E-state index is 0.0533. The number of amides is 1. The molecular formula is C24H29N3O6S. The van der Waals surface area contributed by atoms with Crippen LogP contribution in [0.2, 0.25) is 0 Å². The molecule has 1 aromatic carbocycles. The molecule has 182 valence electrons. The number of fused-ring (bicyclic) bond motifs is 1. The second-order valence-electron chi connectivity index (χ2n) is 8.12. The molecule has 2 heterocycles. The van der Waals surface area contributed by atoms with Gasteiger partial charge in [0.05, 0.1) is 44.6 Å². The Morgan fingerprint density at radius 2 is 1.97 bits per heavy atom. The van der Waals surface area contributed by atoms with Gasteiger partial charge in [0, 0.05) is 24.4 Å². The van der Waals surface area contributed by atoms with Crippen LogP contribution in [0, 0.1) is 0 Å². The maximum atomic E-state index is 13.3. The molecule has 0 unspecified atom stereocenters. The molecule has 0 aromatic heterocycles. The summed E-state index contributed by atoms with van der Waals surface area (Å²) < 4.78 is 21.8. The summed E-state index contributed by atoms with van der Waals surface area (Å²) in [4.78, 5) is 32.5. The smallest absolute Gasteiger partial charge is 0.338 e. The van der Waals surface area contributed by atoms with Crippen LogP contribution >= 0.6 is 11.8 Å². The molecule has 0 spiro atoms. The molecule has 1 fully saturated rings. The number of aliphatic imine (C=N–C) groups is 1. The quantitative estimate of drug-likeness (QED) is 0.397. The first-order chi connectivity index (χ1) is 16.5. The second-order valence-corrected chi connectivity index (χ2v) is 8.96. The van der Waals surface area contributed by atoms with E-state index < -0.39 is 12.0 Å². The van der Waals surface area contributed by atoms with E-state index in [0.29, 0.717) is 33.5 Å². The Morgan fingerprint density at radius 3 is 2.65 bits per heavy atom. The molecule has 1 amide bonds. The lowest BCUT2D eigenvalue weighted by Gasteiger charge is -2.37. The van der Waals surface area contributed by atoms with Gasteiger partial charge < -0.3 is 29.2 Å². The highest BCUT2D eigenvalue weighted by Gasteiger charge is 2.43. The average Bonchev–Trinajstić information content (AvgIpc) is 3.56. The second kappa shape index (κ2) is 10.5. The minimum atomic E-state index is -0.609. The summed E-state index contributed by atoms with van der Waals surface area (Å²) in [5, 5.41) is 5.63. The number of amidine groups is 1. The Hall–Kier alpha value is -2.98. The van der Waals surface area contributed by atoms with Crippen LogP contribution in [0.25, 0.3) is 0 Å². The first kappa shape index (κ1) is 24.2. The molecule has 10 heteroatoms. The number of nitrogens with zero attached hydrogens (tertiary/aromatic N) is 2. The normalized spacial score (nSPS) is 19.3. The summed E-state index contributed by atoms with van der Waals surface area (Å²) in [6.45, 7) is 2.19. The fourth-order valence-corrected chi connectivity index (χ4v) is 4.98. The summed E-state index contributed by atoms with van der Waals surface area (Å²) in [5.41, 5.74) is 2.39. The van der Waals surface area contributed by atoms with Crippen LogP contribution < -0.4 is 14.8 Å². The lowest BCUT2D eigenvalue weighted by atomic mass is 9.92. The third kappa shape index (κ3) is 4.92. The van der Waals surface area contributed by atoms with Gasteiger partial charge in [-0.2, -0.15) is 0 Å². The summed E-state index contributed by atoms with van der Waals surface area (Å²) in [6.07, 6.45) is 2.20. The van der Waals surface area contributed by atoms with Crippen LogP contribution in [0.15, 0.2) is 45.6 Å². The number of esters is 1. The van der Waals surface area contributed by atoms with Gasteiger partial charge in [-0.1, -0.05) is 23.9 Å². The van der Waals surface area contributed by atoms with Gasteiger partial charge in [0.1, 0.15) is 6.61 Å². The average molecular weight is 488 g/mol. The zero-order valence-electron chi connectivity index (χ0n) is 19.8. The molecule has 3 aliphatic rings. The number of carbonyl (C=O) groups is 2. The number of benzene rings is 1. The van der Waals surface area contributed by atoms with Crippen LogP contribution in [0.1, 0.15) is 37.8 Å². The van der Waals surface area contributed by atoms with Gasteiger partial charge in [-0.15, -0.1) is 0 Å². The first-order valence-electron chi connectivity index (χ1n) is 11.1. The largest absolute Gasteiger partial charge is 0.493 e. The number of hydrogen-bond donors (Lipinski definition) is 1. The number of hydrogen-bond acceptors (Lipinski definition) is 9. The minimum Gasteiger partial charge on any atom is -0.493 e. The first-order valence-corrected chi connectivity index (χ1v) is 12.0. The molecule has 0 bridgehead atoms. The number of rotatable bonds is 10. The van der Waals surface area contributed by atoms with E-state index in [0.717, 1.165) is 18.5 Å². The molecular weight excluding hydrogens is 458 g/mol.